The van der Waals surface area contributed by atoms with E-state index in [0.717, 1.165) is 11.6 Å². The summed E-state index contributed by atoms with van der Waals surface area (Å²) in [5.41, 5.74) is -0.773. The third-order valence-electron chi connectivity index (χ3n) is 7.52. The molecule has 0 bridgehead atoms. The number of halogens is 3. The van der Waals surface area contributed by atoms with Gasteiger partial charge in [-0.05, 0) is 60.9 Å². The first-order valence-electron chi connectivity index (χ1n) is 11.7. The Labute approximate surface area is 211 Å². The topological polar surface area (TPSA) is 123 Å². The molecule has 37 heavy (non-hydrogen) atoms. The number of nitrogens with one attached hydrogen (secondary N) is 1. The van der Waals surface area contributed by atoms with Gasteiger partial charge in [0.25, 0.3) is 15.9 Å². The van der Waals surface area contributed by atoms with Gasteiger partial charge in [0.2, 0.25) is 0 Å². The van der Waals surface area contributed by atoms with Crippen LogP contribution in [-0.4, -0.2) is 47.5 Å². The molecule has 0 radical (unpaired) electrons. The van der Waals surface area contributed by atoms with Gasteiger partial charge in [-0.25, -0.2) is 18.1 Å². The van der Waals surface area contributed by atoms with Gasteiger partial charge in [-0.3, -0.25) is 4.79 Å². The Morgan fingerprint density at radius 3 is 2.54 bits per heavy atom. The number of pyridine rings is 1. The number of likely N-dealkylation sites (tertiary alicyclic amines) is 1. The summed E-state index contributed by atoms with van der Waals surface area (Å²) in [5, 5.41) is 20.1. The summed E-state index contributed by atoms with van der Waals surface area (Å²) in [7, 11) is -4.18. The second-order valence-corrected chi connectivity index (χ2v) is 11.4. The number of amides is 1. The van der Waals surface area contributed by atoms with Crippen molar-refractivity contribution >= 4 is 15.9 Å². The van der Waals surface area contributed by atoms with E-state index >= 15 is 0 Å². The van der Waals surface area contributed by atoms with Crippen molar-refractivity contribution < 1.29 is 31.5 Å². The third-order valence-corrected chi connectivity index (χ3v) is 8.86. The van der Waals surface area contributed by atoms with Crippen LogP contribution >= 0.6 is 0 Å². The number of nitriles is 1. The highest BCUT2D eigenvalue weighted by atomic mass is 32.2. The molecule has 194 valence electrons. The summed E-state index contributed by atoms with van der Waals surface area (Å²) in [6.45, 7) is 0.188. The molecule has 1 saturated heterocycles. The van der Waals surface area contributed by atoms with E-state index in [1.807, 2.05) is 6.07 Å². The van der Waals surface area contributed by atoms with Crippen LogP contribution in [0.1, 0.15) is 36.0 Å². The van der Waals surface area contributed by atoms with Crippen molar-refractivity contribution in [2.75, 3.05) is 6.54 Å². The fourth-order valence-corrected chi connectivity index (χ4v) is 6.73. The molecule has 5 rings (SSSR count). The minimum Gasteiger partial charge on any atom is -0.383 e. The number of aliphatic hydroxyl groups is 1. The molecule has 2 fully saturated rings. The zero-order valence-corrected chi connectivity index (χ0v) is 20.3. The predicted molar refractivity (Wildman–Crippen MR) is 124 cm³/mol. The highest BCUT2D eigenvalue weighted by Gasteiger charge is 2.63. The van der Waals surface area contributed by atoms with Crippen molar-refractivity contribution in [3.63, 3.8) is 0 Å². The number of hydrogen-bond donors (Lipinski definition) is 2. The lowest BCUT2D eigenvalue weighted by Gasteiger charge is -2.36. The molecule has 2 aromatic rings. The molecule has 2 N–H and O–H groups in total. The first-order valence-corrected chi connectivity index (χ1v) is 13.2. The number of carbonyl (C=O) groups excluding carboxylic acids is 1. The maximum Gasteiger partial charge on any atom is 0.417 e. The normalized spacial score (nSPS) is 27.1. The number of sulfonamides is 1. The Balaban J connectivity index is 1.32. The number of benzene rings is 1. The Bertz CT molecular complexity index is 1400. The van der Waals surface area contributed by atoms with E-state index in [2.05, 4.69) is 9.71 Å². The lowest BCUT2D eigenvalue weighted by molar-refractivity contribution is -0.137. The molecule has 4 atom stereocenters. The van der Waals surface area contributed by atoms with Crippen molar-refractivity contribution in [1.82, 2.24) is 14.6 Å². The third kappa shape index (κ3) is 4.41. The van der Waals surface area contributed by atoms with E-state index in [1.54, 1.807) is 35.2 Å². The first-order chi connectivity index (χ1) is 17.4. The average molecular weight is 533 g/mol. The monoisotopic (exact) mass is 532 g/mol. The molecule has 0 unspecified atom stereocenters. The average Bonchev–Trinajstić information content (AvgIpc) is 3.31. The van der Waals surface area contributed by atoms with Crippen molar-refractivity contribution in [2.24, 2.45) is 11.8 Å². The van der Waals surface area contributed by atoms with E-state index in [-0.39, 0.29) is 42.4 Å². The van der Waals surface area contributed by atoms with Crippen LogP contribution in [0.4, 0.5) is 13.2 Å². The standard InChI is InChI=1S/C25H23F3N4O4S/c26-25(27,28)19-6-8-22(30-13-19)37(35,36)31-12-17-9-18-5-7-21-24(18,34)20(10-17)23(33)32(21)14-16-3-1-15(11-29)2-4-16/h1-4,6,8,10,13,17-18,21,31,34H,5,7,9,12,14H2/t17-,18+,21+,24-/m0/s1. The Hall–Kier alpha value is -3.27. The van der Waals surface area contributed by atoms with Gasteiger partial charge in [0, 0.05) is 24.9 Å². The van der Waals surface area contributed by atoms with E-state index < -0.39 is 32.4 Å². The number of hydrogen-bond acceptors (Lipinski definition) is 6. The second-order valence-electron chi connectivity index (χ2n) is 9.67. The van der Waals surface area contributed by atoms with Gasteiger partial charge >= 0.3 is 6.18 Å². The van der Waals surface area contributed by atoms with E-state index in [4.69, 9.17) is 5.26 Å². The van der Waals surface area contributed by atoms with Crippen LogP contribution in [0.3, 0.4) is 0 Å². The predicted octanol–water partition coefficient (Wildman–Crippen LogP) is 2.75. The molecular formula is C25H23F3N4O4S. The molecule has 1 aromatic carbocycles. The van der Waals surface area contributed by atoms with Crippen molar-refractivity contribution in [3.05, 3.63) is 70.9 Å². The van der Waals surface area contributed by atoms with E-state index in [1.165, 1.54) is 0 Å². The smallest absolute Gasteiger partial charge is 0.383 e. The van der Waals surface area contributed by atoms with Crippen LogP contribution in [0.5, 0.6) is 0 Å². The second kappa shape index (κ2) is 8.93. The largest absolute Gasteiger partial charge is 0.417 e. The van der Waals surface area contributed by atoms with Crippen molar-refractivity contribution in [3.8, 4) is 6.07 Å². The summed E-state index contributed by atoms with van der Waals surface area (Å²) in [6, 6.07) is 9.99. The summed E-state index contributed by atoms with van der Waals surface area (Å²) in [4.78, 5) is 18.4. The molecule has 2 aliphatic carbocycles. The molecule has 3 aliphatic rings. The molecule has 1 amide bonds. The summed E-state index contributed by atoms with van der Waals surface area (Å²) in [5.74, 6) is -0.924. The van der Waals surface area contributed by atoms with Gasteiger partial charge in [0.1, 0.15) is 5.60 Å². The van der Waals surface area contributed by atoms with Crippen LogP contribution in [0.2, 0.25) is 0 Å². The first kappa shape index (κ1) is 25.4. The minimum atomic E-state index is -4.63. The Kier molecular flexibility index (Phi) is 6.13. The highest BCUT2D eigenvalue weighted by Crippen LogP contribution is 2.54. The number of nitrogens with zero attached hydrogens (tertiary/aromatic N) is 3. The summed E-state index contributed by atoms with van der Waals surface area (Å²) in [6.07, 6.45) is -0.811. The number of rotatable bonds is 6. The maximum atomic E-state index is 13.3. The molecular weight excluding hydrogens is 509 g/mol. The van der Waals surface area contributed by atoms with Crippen LogP contribution < -0.4 is 4.72 Å². The van der Waals surface area contributed by atoms with Gasteiger partial charge in [-0.2, -0.15) is 18.4 Å². The van der Waals surface area contributed by atoms with Crippen LogP contribution in [0.25, 0.3) is 0 Å². The van der Waals surface area contributed by atoms with Crippen molar-refractivity contribution in [1.29, 1.82) is 5.26 Å². The highest BCUT2D eigenvalue weighted by molar-refractivity contribution is 7.89. The zero-order chi connectivity index (χ0) is 26.6. The molecule has 2 heterocycles. The van der Waals surface area contributed by atoms with Gasteiger partial charge in [0.15, 0.2) is 5.03 Å². The minimum absolute atomic E-state index is 0.0886. The molecule has 1 aromatic heterocycles. The van der Waals surface area contributed by atoms with E-state index in [0.29, 0.717) is 37.1 Å². The van der Waals surface area contributed by atoms with Gasteiger partial charge in [-0.1, -0.05) is 18.2 Å². The molecule has 1 aliphatic heterocycles. The fraction of sp³-hybridized carbons (Fsp3) is 0.400. The fourth-order valence-electron chi connectivity index (χ4n) is 5.71. The lowest BCUT2D eigenvalue weighted by Crippen LogP contribution is -2.47. The molecule has 8 nitrogen and oxygen atoms in total. The van der Waals surface area contributed by atoms with Crippen LogP contribution in [0.15, 0.2) is 59.3 Å². The lowest BCUT2D eigenvalue weighted by atomic mass is 9.73. The number of alkyl halides is 3. The maximum absolute atomic E-state index is 13.3. The van der Waals surface area contributed by atoms with Gasteiger partial charge in [-0.15, -0.1) is 0 Å². The summed E-state index contributed by atoms with van der Waals surface area (Å²) < 4.78 is 65.9. The molecule has 1 saturated carbocycles. The van der Waals surface area contributed by atoms with Gasteiger partial charge in [0.05, 0.1) is 23.2 Å². The Morgan fingerprint density at radius 2 is 1.92 bits per heavy atom. The molecule has 0 spiro atoms. The van der Waals surface area contributed by atoms with Crippen molar-refractivity contribution in [2.45, 2.75) is 48.7 Å². The Morgan fingerprint density at radius 1 is 1.19 bits per heavy atom. The number of carbonyl (C=O) groups is 1. The summed E-state index contributed by atoms with van der Waals surface area (Å²) >= 11 is 0. The number of aromatic nitrogens is 1. The van der Waals surface area contributed by atoms with Crippen LogP contribution in [0, 0.1) is 23.2 Å². The van der Waals surface area contributed by atoms with Crippen LogP contribution in [-0.2, 0) is 27.5 Å². The zero-order valence-electron chi connectivity index (χ0n) is 19.4. The van der Waals surface area contributed by atoms with E-state index in [9.17, 15) is 31.5 Å². The SMILES string of the molecule is N#Cc1ccc(CN2C(=O)C3=C[C@@H](CNS(=O)(=O)c4ccc(C(F)(F)F)cn4)C[C@H]4CC[C@@H]2[C@@]34O)cc1. The van der Waals surface area contributed by atoms with Gasteiger partial charge < -0.3 is 10.0 Å². The quantitative estimate of drug-likeness (QED) is 0.590. The molecule has 12 heteroatoms.